The molecule has 1 amide bonds. The number of hydrogen-bond donors (Lipinski definition) is 0. The van der Waals surface area contributed by atoms with Crippen LogP contribution >= 0.6 is 11.3 Å². The molecule has 0 spiro atoms. The number of pyridine rings is 1. The first kappa shape index (κ1) is 20.6. The maximum absolute atomic E-state index is 13.4. The first-order valence-electron chi connectivity index (χ1n) is 10.8. The molecule has 31 heavy (non-hydrogen) atoms. The summed E-state index contributed by atoms with van der Waals surface area (Å²) in [6, 6.07) is 3.99. The fourth-order valence-corrected chi connectivity index (χ4v) is 5.44. The highest BCUT2D eigenvalue weighted by Gasteiger charge is 2.32. The first-order valence-corrected chi connectivity index (χ1v) is 11.6. The second-order valence-corrected chi connectivity index (χ2v) is 8.90. The highest BCUT2D eigenvalue weighted by molar-refractivity contribution is 7.20. The molecule has 2 fully saturated rings. The van der Waals surface area contributed by atoms with Crippen LogP contribution in [0.1, 0.15) is 33.8 Å². The van der Waals surface area contributed by atoms with Gasteiger partial charge in [0.05, 0.1) is 32.1 Å². The van der Waals surface area contributed by atoms with E-state index in [9.17, 15) is 4.79 Å². The smallest absolute Gasteiger partial charge is 0.264 e. The number of amides is 1. The Kier molecular flexibility index (Phi) is 5.99. The van der Waals surface area contributed by atoms with E-state index in [-0.39, 0.29) is 12.0 Å². The summed E-state index contributed by atoms with van der Waals surface area (Å²) in [6.45, 7) is 8.44. The fourth-order valence-electron chi connectivity index (χ4n) is 4.28. The van der Waals surface area contributed by atoms with Crippen molar-refractivity contribution in [3.8, 4) is 0 Å². The Morgan fingerprint density at radius 2 is 2.13 bits per heavy atom. The Morgan fingerprint density at radius 3 is 2.94 bits per heavy atom. The van der Waals surface area contributed by atoms with E-state index in [2.05, 4.69) is 34.2 Å². The van der Waals surface area contributed by atoms with Crippen LogP contribution in [0.4, 0.5) is 0 Å². The van der Waals surface area contributed by atoms with Gasteiger partial charge < -0.3 is 14.4 Å². The summed E-state index contributed by atoms with van der Waals surface area (Å²) in [5, 5.41) is 5.41. The molecule has 2 aliphatic heterocycles. The third-order valence-electron chi connectivity index (χ3n) is 5.89. The van der Waals surface area contributed by atoms with Crippen molar-refractivity contribution >= 4 is 27.5 Å². The zero-order valence-electron chi connectivity index (χ0n) is 17.7. The van der Waals surface area contributed by atoms with Crippen LogP contribution in [0.25, 0.3) is 10.2 Å². The SMILES string of the molecule is CCn1cc(CN2CCO[C@@H](c3c(C(=O)N4CCOCC4)sc4ncccc34)C2)cn1. The quantitative estimate of drug-likeness (QED) is 0.606. The third-order valence-corrected chi connectivity index (χ3v) is 7.00. The van der Waals surface area contributed by atoms with Gasteiger partial charge in [-0.05, 0) is 13.0 Å². The van der Waals surface area contributed by atoms with Crippen LogP contribution in [0.15, 0.2) is 30.7 Å². The number of morpholine rings is 2. The van der Waals surface area contributed by atoms with Crippen LogP contribution < -0.4 is 0 Å². The molecule has 3 aromatic heterocycles. The van der Waals surface area contributed by atoms with E-state index < -0.39 is 0 Å². The lowest BCUT2D eigenvalue weighted by atomic mass is 10.0. The Bertz CT molecular complexity index is 1060. The summed E-state index contributed by atoms with van der Waals surface area (Å²) in [7, 11) is 0. The van der Waals surface area contributed by atoms with E-state index in [0.29, 0.717) is 32.9 Å². The minimum absolute atomic E-state index is 0.0613. The zero-order valence-corrected chi connectivity index (χ0v) is 18.5. The first-order chi connectivity index (χ1) is 15.2. The molecule has 1 atom stereocenters. The van der Waals surface area contributed by atoms with E-state index in [0.717, 1.165) is 46.8 Å². The number of rotatable bonds is 5. The molecule has 164 valence electrons. The lowest BCUT2D eigenvalue weighted by Gasteiger charge is -2.33. The van der Waals surface area contributed by atoms with Crippen molar-refractivity contribution in [2.24, 2.45) is 0 Å². The monoisotopic (exact) mass is 441 g/mol. The number of nitrogens with zero attached hydrogens (tertiary/aromatic N) is 5. The van der Waals surface area contributed by atoms with Crippen LogP contribution in [-0.4, -0.2) is 76.5 Å². The molecule has 2 aliphatic rings. The summed E-state index contributed by atoms with van der Waals surface area (Å²) < 4.78 is 13.6. The van der Waals surface area contributed by atoms with E-state index in [1.165, 1.54) is 16.9 Å². The second-order valence-electron chi connectivity index (χ2n) is 7.90. The molecule has 9 heteroatoms. The normalized spacial score (nSPS) is 20.4. The number of hydrogen-bond acceptors (Lipinski definition) is 7. The van der Waals surface area contributed by atoms with E-state index in [1.54, 1.807) is 6.20 Å². The lowest BCUT2D eigenvalue weighted by Crippen LogP contribution is -2.41. The average molecular weight is 442 g/mol. The molecule has 0 saturated carbocycles. The van der Waals surface area contributed by atoms with Crippen LogP contribution in [0.2, 0.25) is 0 Å². The molecule has 8 nitrogen and oxygen atoms in total. The van der Waals surface area contributed by atoms with Crippen LogP contribution in [-0.2, 0) is 22.6 Å². The number of aromatic nitrogens is 3. The molecule has 0 aromatic carbocycles. The van der Waals surface area contributed by atoms with Gasteiger partial charge in [-0.3, -0.25) is 14.4 Å². The van der Waals surface area contributed by atoms with Gasteiger partial charge in [-0.15, -0.1) is 11.3 Å². The molecule has 3 aromatic rings. The molecule has 0 unspecified atom stereocenters. The molecule has 5 heterocycles. The average Bonchev–Trinajstić information content (AvgIpc) is 3.43. The third kappa shape index (κ3) is 4.23. The second kappa shape index (κ2) is 9.04. The van der Waals surface area contributed by atoms with Gasteiger partial charge in [0.1, 0.15) is 9.71 Å². The molecule has 5 rings (SSSR count). The molecule has 0 N–H and O–H groups in total. The molecular formula is C22H27N5O3S. The Morgan fingerprint density at radius 1 is 1.26 bits per heavy atom. The van der Waals surface area contributed by atoms with Gasteiger partial charge in [0.15, 0.2) is 0 Å². The predicted molar refractivity (Wildman–Crippen MR) is 118 cm³/mol. The van der Waals surface area contributed by atoms with E-state index in [1.807, 2.05) is 21.8 Å². The Labute approximate surface area is 185 Å². The van der Waals surface area contributed by atoms with Gasteiger partial charge in [0, 0.05) is 68.2 Å². The number of aryl methyl sites for hydroxylation is 1. The highest BCUT2D eigenvalue weighted by Crippen LogP contribution is 2.38. The maximum Gasteiger partial charge on any atom is 0.264 e. The largest absolute Gasteiger partial charge is 0.378 e. The zero-order chi connectivity index (χ0) is 21.2. The van der Waals surface area contributed by atoms with Crippen molar-refractivity contribution in [1.82, 2.24) is 24.6 Å². The number of carbonyl (C=O) groups is 1. The Hall–Kier alpha value is -2.33. The minimum Gasteiger partial charge on any atom is -0.378 e. The van der Waals surface area contributed by atoms with Crippen molar-refractivity contribution in [2.45, 2.75) is 26.1 Å². The van der Waals surface area contributed by atoms with Crippen LogP contribution in [0, 0.1) is 0 Å². The van der Waals surface area contributed by atoms with Crippen molar-refractivity contribution < 1.29 is 14.3 Å². The van der Waals surface area contributed by atoms with Gasteiger partial charge in [-0.2, -0.15) is 5.10 Å². The summed E-state index contributed by atoms with van der Waals surface area (Å²) >= 11 is 1.48. The maximum atomic E-state index is 13.4. The van der Waals surface area contributed by atoms with Crippen LogP contribution in [0.5, 0.6) is 0 Å². The number of carbonyl (C=O) groups excluding carboxylic acids is 1. The van der Waals surface area contributed by atoms with E-state index >= 15 is 0 Å². The highest BCUT2D eigenvalue weighted by atomic mass is 32.1. The van der Waals surface area contributed by atoms with Crippen molar-refractivity contribution in [3.63, 3.8) is 0 Å². The fraction of sp³-hybridized carbons (Fsp3) is 0.500. The molecular weight excluding hydrogens is 414 g/mol. The van der Waals surface area contributed by atoms with E-state index in [4.69, 9.17) is 9.47 Å². The number of fused-ring (bicyclic) bond motifs is 1. The minimum atomic E-state index is -0.159. The van der Waals surface area contributed by atoms with Crippen LogP contribution in [0.3, 0.4) is 0 Å². The molecule has 0 radical (unpaired) electrons. The number of thiophene rings is 1. The predicted octanol–water partition coefficient (Wildman–Crippen LogP) is 2.56. The van der Waals surface area contributed by atoms with Crippen molar-refractivity contribution in [1.29, 1.82) is 0 Å². The summed E-state index contributed by atoms with van der Waals surface area (Å²) in [4.78, 5) is 23.8. The van der Waals surface area contributed by atoms with Gasteiger partial charge >= 0.3 is 0 Å². The molecule has 2 saturated heterocycles. The molecule has 0 bridgehead atoms. The summed E-state index contributed by atoms with van der Waals surface area (Å²) in [5.74, 6) is 0.0613. The Balaban J connectivity index is 1.43. The van der Waals surface area contributed by atoms with Gasteiger partial charge in [-0.25, -0.2) is 4.98 Å². The standard InChI is InChI=1S/C22H27N5O3S/c1-2-27-14-16(12-24-27)13-25-6-11-30-18(15-25)19-17-4-3-5-23-21(17)31-20(19)22(28)26-7-9-29-10-8-26/h3-5,12,14,18H,2,6-11,13,15H2,1H3/t18-/m1/s1. The lowest BCUT2D eigenvalue weighted by molar-refractivity contribution is -0.0325. The van der Waals surface area contributed by atoms with Crippen molar-refractivity contribution in [3.05, 3.63) is 46.7 Å². The van der Waals surface area contributed by atoms with Crippen molar-refractivity contribution in [2.75, 3.05) is 46.0 Å². The number of ether oxygens (including phenoxy) is 2. The summed E-state index contributed by atoms with van der Waals surface area (Å²) in [5.41, 5.74) is 2.18. The summed E-state index contributed by atoms with van der Waals surface area (Å²) in [6.07, 6.45) is 5.66. The van der Waals surface area contributed by atoms with Gasteiger partial charge in [0.2, 0.25) is 0 Å². The molecule has 0 aliphatic carbocycles. The van der Waals surface area contributed by atoms with Gasteiger partial charge in [0.25, 0.3) is 5.91 Å². The topological polar surface area (TPSA) is 72.7 Å². The van der Waals surface area contributed by atoms with Gasteiger partial charge in [-0.1, -0.05) is 6.07 Å².